The van der Waals surface area contributed by atoms with Gasteiger partial charge >= 0.3 is 0 Å². The molecule has 2 aromatic carbocycles. The summed E-state index contributed by atoms with van der Waals surface area (Å²) < 4.78 is 3.93. The Morgan fingerprint density at radius 2 is 1.04 bits per heavy atom. The largest absolute Gasteiger partial charge is 0.262 e. The molecule has 0 fully saturated rings. The molecule has 0 bridgehead atoms. The number of hydrogen-bond acceptors (Lipinski definition) is 3. The van der Waals surface area contributed by atoms with Gasteiger partial charge in [0.1, 0.15) is 0 Å². The normalized spacial score (nSPS) is 10.9. The fraction of sp³-hybridized carbons (Fsp3) is 0.100. The van der Waals surface area contributed by atoms with Crippen LogP contribution >= 0.6 is 11.8 Å². The molecule has 4 rings (SSSR count). The van der Waals surface area contributed by atoms with Gasteiger partial charge in [-0.3, -0.25) is 9.36 Å². The lowest BCUT2D eigenvalue weighted by Crippen LogP contribution is -2.00. The van der Waals surface area contributed by atoms with Crippen molar-refractivity contribution in [2.24, 2.45) is 0 Å². The zero-order valence-corrected chi connectivity index (χ0v) is 14.5. The third-order valence-corrected chi connectivity index (χ3v) is 4.76. The van der Waals surface area contributed by atoms with Gasteiger partial charge in [-0.25, -0.2) is 0 Å². The minimum atomic E-state index is 0.799. The fourth-order valence-electron chi connectivity index (χ4n) is 2.62. The average Bonchev–Trinajstić information content (AvgIpc) is 3.33. The minimum Gasteiger partial charge on any atom is -0.262 e. The molecule has 0 saturated heterocycles. The van der Waals surface area contributed by atoms with Crippen molar-refractivity contribution in [3.63, 3.8) is 0 Å². The number of nitrogens with zero attached hydrogens (tertiary/aromatic N) is 4. The van der Waals surface area contributed by atoms with Crippen molar-refractivity contribution in [3.8, 4) is 22.5 Å². The van der Waals surface area contributed by atoms with E-state index < -0.39 is 0 Å². The quantitative estimate of drug-likeness (QED) is 0.505. The summed E-state index contributed by atoms with van der Waals surface area (Å²) in [5.74, 6) is 1.60. The average molecular weight is 346 g/mol. The first-order valence-corrected chi connectivity index (χ1v) is 9.29. The van der Waals surface area contributed by atoms with Crippen molar-refractivity contribution >= 4 is 11.8 Å². The van der Waals surface area contributed by atoms with E-state index in [2.05, 4.69) is 46.6 Å². The Kier molecular flexibility index (Phi) is 4.65. The highest BCUT2D eigenvalue weighted by molar-refractivity contribution is 7.97. The van der Waals surface area contributed by atoms with E-state index >= 15 is 0 Å². The van der Waals surface area contributed by atoms with Gasteiger partial charge in [-0.15, -0.1) is 11.8 Å². The monoisotopic (exact) mass is 346 g/mol. The summed E-state index contributed by atoms with van der Waals surface area (Å²) in [6, 6.07) is 24.6. The van der Waals surface area contributed by atoms with Crippen molar-refractivity contribution in [2.75, 3.05) is 0 Å². The van der Waals surface area contributed by atoms with Gasteiger partial charge in [-0.2, -0.15) is 10.2 Å². The molecule has 0 spiro atoms. The molecule has 0 aliphatic heterocycles. The first kappa shape index (κ1) is 15.7. The highest BCUT2D eigenvalue weighted by atomic mass is 32.2. The fourth-order valence-corrected chi connectivity index (χ4v) is 3.36. The van der Waals surface area contributed by atoms with Crippen LogP contribution in [0.5, 0.6) is 0 Å². The molecule has 4 nitrogen and oxygen atoms in total. The van der Waals surface area contributed by atoms with E-state index in [0.29, 0.717) is 0 Å². The molecular weight excluding hydrogens is 328 g/mol. The van der Waals surface area contributed by atoms with Gasteiger partial charge in [0.25, 0.3) is 0 Å². The van der Waals surface area contributed by atoms with E-state index in [0.717, 1.165) is 34.3 Å². The molecule has 0 aliphatic rings. The van der Waals surface area contributed by atoms with Crippen molar-refractivity contribution in [3.05, 3.63) is 85.2 Å². The third-order valence-electron chi connectivity index (χ3n) is 3.87. The van der Waals surface area contributed by atoms with Crippen LogP contribution < -0.4 is 0 Å². The van der Waals surface area contributed by atoms with Gasteiger partial charge in [0, 0.05) is 23.5 Å². The maximum absolute atomic E-state index is 4.63. The van der Waals surface area contributed by atoms with Gasteiger partial charge in [0.05, 0.1) is 23.1 Å². The Morgan fingerprint density at radius 1 is 0.600 bits per heavy atom. The Hall–Kier alpha value is -2.79. The second-order valence-corrected chi connectivity index (χ2v) is 6.60. The van der Waals surface area contributed by atoms with Gasteiger partial charge in [0.15, 0.2) is 0 Å². The highest BCUT2D eigenvalue weighted by Gasteiger charge is 2.03. The van der Waals surface area contributed by atoms with E-state index in [9.17, 15) is 0 Å². The summed E-state index contributed by atoms with van der Waals surface area (Å²) in [5.41, 5.74) is 4.30. The van der Waals surface area contributed by atoms with Crippen LogP contribution in [0.3, 0.4) is 0 Å². The molecule has 25 heavy (non-hydrogen) atoms. The van der Waals surface area contributed by atoms with E-state index in [1.165, 1.54) is 0 Å². The number of aromatic nitrogens is 4. The molecule has 0 atom stereocenters. The molecule has 2 aromatic heterocycles. The van der Waals surface area contributed by atoms with E-state index in [1.54, 1.807) is 11.8 Å². The molecule has 0 saturated carbocycles. The van der Waals surface area contributed by atoms with Gasteiger partial charge in [0.2, 0.25) is 0 Å². The Bertz CT molecular complexity index is 851. The molecule has 0 N–H and O–H groups in total. The first-order valence-electron chi connectivity index (χ1n) is 8.14. The van der Waals surface area contributed by atoms with Crippen LogP contribution in [0.4, 0.5) is 0 Å². The second-order valence-electron chi connectivity index (χ2n) is 5.68. The maximum Gasteiger partial charge on any atom is 0.0923 e. The summed E-state index contributed by atoms with van der Waals surface area (Å²) in [6.07, 6.45) is 4.04. The van der Waals surface area contributed by atoms with Crippen LogP contribution in [-0.4, -0.2) is 19.6 Å². The van der Waals surface area contributed by atoms with Crippen LogP contribution in [-0.2, 0) is 11.8 Å². The zero-order valence-electron chi connectivity index (χ0n) is 13.7. The molecule has 0 amide bonds. The Labute approximate surface area is 151 Å². The van der Waals surface area contributed by atoms with Crippen molar-refractivity contribution in [1.82, 2.24) is 19.6 Å². The molecule has 4 aromatic rings. The van der Waals surface area contributed by atoms with Crippen LogP contribution in [0.2, 0.25) is 0 Å². The molecule has 0 unspecified atom stereocenters. The third kappa shape index (κ3) is 3.83. The molecule has 0 aliphatic carbocycles. The number of benzene rings is 2. The lowest BCUT2D eigenvalue weighted by Gasteiger charge is -2.03. The zero-order chi connectivity index (χ0) is 16.9. The summed E-state index contributed by atoms with van der Waals surface area (Å²) >= 11 is 1.78. The van der Waals surface area contributed by atoms with Gasteiger partial charge in [-0.1, -0.05) is 60.7 Å². The standard InChI is InChI=1S/C20H18N4S/c1-3-7-17(8-4-1)19-11-13-23(21-19)15-25-16-24-14-12-20(22-24)18-9-5-2-6-10-18/h1-14H,15-16H2. The van der Waals surface area contributed by atoms with Crippen LogP contribution in [0.1, 0.15) is 0 Å². The second kappa shape index (κ2) is 7.40. The van der Waals surface area contributed by atoms with Crippen LogP contribution in [0.25, 0.3) is 22.5 Å². The molecule has 0 radical (unpaired) electrons. The number of hydrogen-bond donors (Lipinski definition) is 0. The smallest absolute Gasteiger partial charge is 0.0923 e. The Morgan fingerprint density at radius 3 is 1.48 bits per heavy atom. The van der Waals surface area contributed by atoms with Crippen molar-refractivity contribution in [2.45, 2.75) is 11.8 Å². The number of thioether (sulfide) groups is 1. The van der Waals surface area contributed by atoms with E-state index in [-0.39, 0.29) is 0 Å². The lowest BCUT2D eigenvalue weighted by molar-refractivity contribution is 0.726. The van der Waals surface area contributed by atoms with Crippen LogP contribution in [0.15, 0.2) is 85.2 Å². The predicted octanol–water partition coefficient (Wildman–Crippen LogP) is 4.76. The SMILES string of the molecule is c1ccc(-c2ccn(CSCn3ccc(-c4ccccc4)n3)n2)cc1. The van der Waals surface area contributed by atoms with E-state index in [4.69, 9.17) is 0 Å². The molecule has 124 valence electrons. The van der Waals surface area contributed by atoms with Crippen LogP contribution in [0, 0.1) is 0 Å². The maximum atomic E-state index is 4.63. The summed E-state index contributed by atoms with van der Waals surface area (Å²) in [7, 11) is 0. The number of rotatable bonds is 6. The summed E-state index contributed by atoms with van der Waals surface area (Å²) in [4.78, 5) is 0. The molecule has 5 heteroatoms. The highest BCUT2D eigenvalue weighted by Crippen LogP contribution is 2.19. The Balaban J connectivity index is 1.34. The summed E-state index contributed by atoms with van der Waals surface area (Å²) in [5, 5.41) is 9.26. The summed E-state index contributed by atoms with van der Waals surface area (Å²) in [6.45, 7) is 0. The minimum absolute atomic E-state index is 0.799. The molecular formula is C20H18N4S. The van der Waals surface area contributed by atoms with Crippen molar-refractivity contribution < 1.29 is 0 Å². The molecule has 2 heterocycles. The van der Waals surface area contributed by atoms with E-state index in [1.807, 2.05) is 58.2 Å². The van der Waals surface area contributed by atoms with Crippen molar-refractivity contribution in [1.29, 1.82) is 0 Å². The van der Waals surface area contributed by atoms with Gasteiger partial charge in [-0.05, 0) is 12.1 Å². The first-order chi connectivity index (χ1) is 12.4. The predicted molar refractivity (Wildman–Crippen MR) is 103 cm³/mol. The topological polar surface area (TPSA) is 35.6 Å². The van der Waals surface area contributed by atoms with Gasteiger partial charge < -0.3 is 0 Å². The lowest BCUT2D eigenvalue weighted by atomic mass is 10.2.